The van der Waals surface area contributed by atoms with Crippen molar-refractivity contribution in [2.24, 2.45) is 17.8 Å². The van der Waals surface area contributed by atoms with Gasteiger partial charge in [0.25, 0.3) is 0 Å². The molecule has 21 heavy (non-hydrogen) atoms. The second-order valence-electron chi connectivity index (χ2n) is 6.17. The molecule has 4 rings (SSSR count). The van der Waals surface area contributed by atoms with Crippen LogP contribution in [-0.2, 0) is 14.3 Å². The van der Waals surface area contributed by atoms with Crippen LogP contribution >= 0.6 is 0 Å². The fraction of sp³-hybridized carbons (Fsp3) is 0.412. The molecule has 0 aromatic heterocycles. The molecule has 108 valence electrons. The number of carbonyl (C=O) groups is 2. The van der Waals surface area contributed by atoms with Crippen molar-refractivity contribution in [2.45, 2.75) is 25.6 Å². The number of rotatable bonds is 1. The molecule has 2 fully saturated rings. The molecule has 2 amide bonds. The minimum absolute atomic E-state index is 0.0168. The van der Waals surface area contributed by atoms with Gasteiger partial charge < -0.3 is 4.74 Å². The van der Waals surface area contributed by atoms with Crippen LogP contribution < -0.4 is 5.32 Å². The van der Waals surface area contributed by atoms with Gasteiger partial charge in [0.1, 0.15) is 0 Å². The highest BCUT2D eigenvalue weighted by Gasteiger charge is 2.54. The first-order valence-corrected chi connectivity index (χ1v) is 7.41. The number of hydrogen-bond acceptors (Lipinski definition) is 3. The van der Waals surface area contributed by atoms with Crippen molar-refractivity contribution in [3.05, 3.63) is 47.5 Å². The van der Waals surface area contributed by atoms with E-state index in [2.05, 4.69) is 11.4 Å². The second-order valence-corrected chi connectivity index (χ2v) is 6.17. The summed E-state index contributed by atoms with van der Waals surface area (Å²) in [7, 11) is 0. The van der Waals surface area contributed by atoms with Gasteiger partial charge in [-0.1, -0.05) is 43.3 Å². The SMILES string of the molecule is C[C@H]1C=C2C[C@H](c3ccccc3)O[C@H]2[C@H]2C(=O)NC(=O)[C@H]21. The normalized spacial score (nSPS) is 37.8. The average molecular weight is 283 g/mol. The number of nitrogens with one attached hydrogen (secondary N) is 1. The van der Waals surface area contributed by atoms with Crippen LogP contribution in [0.5, 0.6) is 0 Å². The molecule has 1 aromatic rings. The van der Waals surface area contributed by atoms with Crippen LogP contribution in [0.1, 0.15) is 25.0 Å². The summed E-state index contributed by atoms with van der Waals surface area (Å²) in [4.78, 5) is 24.1. The minimum Gasteiger partial charge on any atom is -0.365 e. The van der Waals surface area contributed by atoms with Gasteiger partial charge in [-0.2, -0.15) is 0 Å². The smallest absolute Gasteiger partial charge is 0.233 e. The van der Waals surface area contributed by atoms with E-state index in [1.807, 2.05) is 37.3 Å². The first-order chi connectivity index (χ1) is 10.1. The van der Waals surface area contributed by atoms with Gasteiger partial charge in [-0.25, -0.2) is 0 Å². The lowest BCUT2D eigenvalue weighted by Gasteiger charge is -2.30. The quantitative estimate of drug-likeness (QED) is 0.633. The van der Waals surface area contributed by atoms with Crippen molar-refractivity contribution in [3.63, 3.8) is 0 Å². The summed E-state index contributed by atoms with van der Waals surface area (Å²) in [5, 5.41) is 2.47. The number of imide groups is 1. The van der Waals surface area contributed by atoms with Crippen LogP contribution in [0.25, 0.3) is 0 Å². The number of allylic oxidation sites excluding steroid dienone is 1. The molecule has 0 radical (unpaired) electrons. The molecule has 1 N–H and O–H groups in total. The molecule has 2 saturated heterocycles. The predicted octanol–water partition coefficient (Wildman–Crippen LogP) is 1.98. The van der Waals surface area contributed by atoms with Crippen molar-refractivity contribution >= 4 is 11.8 Å². The third kappa shape index (κ3) is 1.86. The third-order valence-electron chi connectivity index (χ3n) is 4.88. The van der Waals surface area contributed by atoms with Crippen LogP contribution in [0.2, 0.25) is 0 Å². The maximum atomic E-state index is 12.1. The maximum Gasteiger partial charge on any atom is 0.233 e. The average Bonchev–Trinajstić information content (AvgIpc) is 3.01. The van der Waals surface area contributed by atoms with E-state index in [-0.39, 0.29) is 41.8 Å². The molecule has 2 heterocycles. The summed E-state index contributed by atoms with van der Waals surface area (Å²) in [6, 6.07) is 10.1. The zero-order valence-electron chi connectivity index (χ0n) is 11.8. The topological polar surface area (TPSA) is 55.4 Å². The van der Waals surface area contributed by atoms with Gasteiger partial charge in [0.15, 0.2) is 0 Å². The molecule has 2 aliphatic heterocycles. The molecule has 0 unspecified atom stereocenters. The number of carbonyl (C=O) groups excluding carboxylic acids is 2. The molecule has 0 bridgehead atoms. The van der Waals surface area contributed by atoms with E-state index >= 15 is 0 Å². The van der Waals surface area contributed by atoms with E-state index in [0.717, 1.165) is 12.0 Å². The second kappa shape index (κ2) is 4.53. The fourth-order valence-electron chi connectivity index (χ4n) is 3.93. The van der Waals surface area contributed by atoms with Gasteiger partial charge >= 0.3 is 0 Å². The van der Waals surface area contributed by atoms with Crippen LogP contribution in [0, 0.1) is 17.8 Å². The van der Waals surface area contributed by atoms with Crippen LogP contribution in [0.15, 0.2) is 42.0 Å². The molecular weight excluding hydrogens is 266 g/mol. The minimum atomic E-state index is -0.360. The van der Waals surface area contributed by atoms with Crippen molar-refractivity contribution in [1.29, 1.82) is 0 Å². The Labute approximate surface area is 123 Å². The number of ether oxygens (including phenoxy) is 1. The molecule has 1 aromatic carbocycles. The van der Waals surface area contributed by atoms with Gasteiger partial charge in [-0.15, -0.1) is 0 Å². The van der Waals surface area contributed by atoms with E-state index in [9.17, 15) is 9.59 Å². The fourth-order valence-corrected chi connectivity index (χ4v) is 3.93. The molecule has 0 saturated carbocycles. The van der Waals surface area contributed by atoms with E-state index in [1.54, 1.807) is 0 Å². The Morgan fingerprint density at radius 2 is 1.81 bits per heavy atom. The van der Waals surface area contributed by atoms with Gasteiger partial charge in [-0.3, -0.25) is 14.9 Å². The maximum absolute atomic E-state index is 12.1. The van der Waals surface area contributed by atoms with Crippen molar-refractivity contribution in [1.82, 2.24) is 5.32 Å². The number of hydrogen-bond donors (Lipinski definition) is 1. The Morgan fingerprint density at radius 1 is 1.10 bits per heavy atom. The summed E-state index contributed by atoms with van der Waals surface area (Å²) in [5.74, 6) is -0.881. The first kappa shape index (κ1) is 12.8. The summed E-state index contributed by atoms with van der Waals surface area (Å²) in [5.41, 5.74) is 2.30. The molecule has 3 aliphatic rings. The largest absolute Gasteiger partial charge is 0.365 e. The number of benzene rings is 1. The van der Waals surface area contributed by atoms with E-state index in [4.69, 9.17) is 4.74 Å². The Hall–Kier alpha value is -1.94. The number of amides is 2. The molecule has 4 heteroatoms. The Kier molecular flexibility index (Phi) is 2.76. The van der Waals surface area contributed by atoms with Crippen molar-refractivity contribution in [2.75, 3.05) is 0 Å². The van der Waals surface area contributed by atoms with Gasteiger partial charge in [0.05, 0.1) is 24.0 Å². The van der Waals surface area contributed by atoms with Gasteiger partial charge in [-0.05, 0) is 17.1 Å². The summed E-state index contributed by atoms with van der Waals surface area (Å²) < 4.78 is 6.15. The summed E-state index contributed by atoms with van der Waals surface area (Å²) in [6.07, 6.45) is 2.68. The van der Waals surface area contributed by atoms with Crippen molar-refractivity contribution in [3.8, 4) is 0 Å². The highest BCUT2D eigenvalue weighted by Crippen LogP contribution is 2.48. The highest BCUT2D eigenvalue weighted by molar-refractivity contribution is 6.06. The van der Waals surface area contributed by atoms with Crippen molar-refractivity contribution < 1.29 is 14.3 Å². The summed E-state index contributed by atoms with van der Waals surface area (Å²) >= 11 is 0. The van der Waals surface area contributed by atoms with Gasteiger partial charge in [0, 0.05) is 6.42 Å². The zero-order valence-corrected chi connectivity index (χ0v) is 11.8. The summed E-state index contributed by atoms with van der Waals surface area (Å²) in [6.45, 7) is 2.01. The van der Waals surface area contributed by atoms with Crippen LogP contribution in [0.4, 0.5) is 0 Å². The third-order valence-corrected chi connectivity index (χ3v) is 4.88. The number of fused-ring (bicyclic) bond motifs is 3. The molecule has 0 spiro atoms. The molecule has 4 nitrogen and oxygen atoms in total. The molecular formula is C17H17NO3. The molecule has 1 aliphatic carbocycles. The monoisotopic (exact) mass is 283 g/mol. The van der Waals surface area contributed by atoms with E-state index < -0.39 is 0 Å². The zero-order chi connectivity index (χ0) is 14.6. The molecule has 5 atom stereocenters. The Morgan fingerprint density at radius 3 is 2.57 bits per heavy atom. The Bertz CT molecular complexity index is 637. The lowest BCUT2D eigenvalue weighted by molar-refractivity contribution is -0.127. The van der Waals surface area contributed by atoms with E-state index in [1.165, 1.54) is 5.57 Å². The predicted molar refractivity (Wildman–Crippen MR) is 76.0 cm³/mol. The highest BCUT2D eigenvalue weighted by atomic mass is 16.5. The first-order valence-electron chi connectivity index (χ1n) is 7.41. The standard InChI is InChI=1S/C17H17NO3/c1-9-7-11-8-12(10-5-3-2-4-6-10)21-15(11)14-13(9)16(19)18-17(14)20/h2-7,9,12-15H,8H2,1H3,(H,18,19,20)/t9-,12+,13-,14-,15+/m0/s1. The van der Waals surface area contributed by atoms with E-state index in [0.29, 0.717) is 0 Å². The van der Waals surface area contributed by atoms with Crippen LogP contribution in [0.3, 0.4) is 0 Å². The van der Waals surface area contributed by atoms with Crippen LogP contribution in [-0.4, -0.2) is 17.9 Å². The van der Waals surface area contributed by atoms with Gasteiger partial charge in [0.2, 0.25) is 11.8 Å². The Balaban J connectivity index is 1.68. The lowest BCUT2D eigenvalue weighted by Crippen LogP contribution is -2.37. The lowest BCUT2D eigenvalue weighted by atomic mass is 9.73.